The largest absolute Gasteiger partial charge is 0.327 e. The first-order chi connectivity index (χ1) is 7.49. The lowest BCUT2D eigenvalue weighted by atomic mass is 9.97. The maximum absolute atomic E-state index is 12.2. The number of nitrogens with zero attached hydrogens (tertiary/aromatic N) is 2. The highest BCUT2D eigenvalue weighted by Crippen LogP contribution is 2.21. The van der Waals surface area contributed by atoms with Crippen LogP contribution in [0.25, 0.3) is 0 Å². The molecule has 1 rings (SSSR count). The second kappa shape index (κ2) is 5.59. The minimum atomic E-state index is -0.191. The van der Waals surface area contributed by atoms with E-state index in [0.717, 1.165) is 17.4 Å². The molecule has 0 amide bonds. The molecule has 2 unspecified atom stereocenters. The van der Waals surface area contributed by atoms with E-state index >= 15 is 0 Å². The minimum absolute atomic E-state index is 0.0489. The van der Waals surface area contributed by atoms with E-state index in [0.29, 0.717) is 5.69 Å². The monoisotopic (exact) mass is 287 g/mol. The lowest BCUT2D eigenvalue weighted by Gasteiger charge is -2.15. The Balaban J connectivity index is 3.02. The quantitative estimate of drug-likeness (QED) is 0.845. The van der Waals surface area contributed by atoms with Crippen LogP contribution in [0.4, 0.5) is 0 Å². The molecule has 0 bridgehead atoms. The zero-order valence-electron chi connectivity index (χ0n) is 9.90. The molecule has 16 heavy (non-hydrogen) atoms. The van der Waals surface area contributed by atoms with Crippen molar-refractivity contribution in [1.82, 2.24) is 9.78 Å². The first kappa shape index (κ1) is 13.4. The highest BCUT2D eigenvalue weighted by Gasteiger charge is 2.24. The summed E-state index contributed by atoms with van der Waals surface area (Å²) in [6, 6.07) is -0.149. The number of halogens is 1. The van der Waals surface area contributed by atoms with Gasteiger partial charge in [0.1, 0.15) is 5.69 Å². The summed E-state index contributed by atoms with van der Waals surface area (Å²) in [4.78, 5) is 12.2. The van der Waals surface area contributed by atoms with Crippen LogP contribution in [-0.2, 0) is 6.54 Å². The van der Waals surface area contributed by atoms with Gasteiger partial charge in [0.15, 0.2) is 5.78 Å². The molecule has 2 atom stereocenters. The van der Waals surface area contributed by atoms with Crippen LogP contribution < -0.4 is 5.73 Å². The number of nitrogens with two attached hydrogens (primary N) is 1. The second-order valence-electron chi connectivity index (χ2n) is 4.08. The van der Waals surface area contributed by atoms with E-state index in [1.807, 2.05) is 13.8 Å². The van der Waals surface area contributed by atoms with Gasteiger partial charge in [-0.3, -0.25) is 9.48 Å². The lowest BCUT2D eigenvalue weighted by molar-refractivity contribution is 0.0905. The van der Waals surface area contributed by atoms with Crippen molar-refractivity contribution >= 4 is 21.7 Å². The molecule has 0 radical (unpaired) electrons. The first-order valence-electron chi connectivity index (χ1n) is 5.50. The molecule has 2 N–H and O–H groups in total. The van der Waals surface area contributed by atoms with Crippen LogP contribution in [0.3, 0.4) is 0 Å². The van der Waals surface area contributed by atoms with E-state index in [4.69, 9.17) is 5.73 Å². The number of aryl methyl sites for hydroxylation is 1. The zero-order chi connectivity index (χ0) is 12.3. The van der Waals surface area contributed by atoms with E-state index in [2.05, 4.69) is 28.0 Å². The molecule has 0 aromatic carbocycles. The molecular formula is C11H18BrN3O. The third-order valence-corrected chi connectivity index (χ3v) is 3.25. The molecule has 5 heteroatoms. The van der Waals surface area contributed by atoms with Crippen molar-refractivity contribution in [3.8, 4) is 0 Å². The third kappa shape index (κ3) is 2.71. The van der Waals surface area contributed by atoms with Crippen molar-refractivity contribution < 1.29 is 4.79 Å². The van der Waals surface area contributed by atoms with E-state index in [9.17, 15) is 4.79 Å². The van der Waals surface area contributed by atoms with Crippen molar-refractivity contribution in [1.29, 1.82) is 0 Å². The molecule has 0 fully saturated rings. The number of carbonyl (C=O) groups is 1. The highest BCUT2D eigenvalue weighted by atomic mass is 79.9. The molecule has 0 aliphatic heterocycles. The number of rotatable bonds is 5. The van der Waals surface area contributed by atoms with Crippen LogP contribution in [-0.4, -0.2) is 21.6 Å². The number of aromatic nitrogens is 2. The molecule has 0 spiro atoms. The van der Waals surface area contributed by atoms with Crippen molar-refractivity contribution in [3.63, 3.8) is 0 Å². The maximum atomic E-state index is 12.2. The third-order valence-electron chi connectivity index (χ3n) is 2.67. The predicted octanol–water partition coefficient (Wildman–Crippen LogP) is 2.22. The summed E-state index contributed by atoms with van der Waals surface area (Å²) in [5.74, 6) is -0.142. The van der Waals surface area contributed by atoms with Gasteiger partial charge in [0.2, 0.25) is 0 Å². The normalized spacial score (nSPS) is 14.8. The number of hydrogen-bond acceptors (Lipinski definition) is 3. The summed E-state index contributed by atoms with van der Waals surface area (Å²) >= 11 is 3.36. The van der Waals surface area contributed by atoms with Crippen LogP contribution in [0.1, 0.15) is 37.7 Å². The predicted molar refractivity (Wildman–Crippen MR) is 67.4 cm³/mol. The Hall–Kier alpha value is -0.680. The number of carbonyl (C=O) groups excluding carboxylic acids is 1. The Labute approximate surface area is 104 Å². The standard InChI is InChI=1S/C11H18BrN3O/c1-4-5-15-10(9(12)6-14-15)11(16)7(2)8(3)13/h6-8H,4-5,13H2,1-3H3. The molecule has 1 heterocycles. The van der Waals surface area contributed by atoms with Gasteiger partial charge in [0.05, 0.1) is 10.7 Å². The van der Waals surface area contributed by atoms with Crippen molar-refractivity contribution in [2.45, 2.75) is 39.8 Å². The summed E-state index contributed by atoms with van der Waals surface area (Å²) in [6.07, 6.45) is 2.61. The van der Waals surface area contributed by atoms with Gasteiger partial charge in [0, 0.05) is 18.5 Å². The zero-order valence-corrected chi connectivity index (χ0v) is 11.5. The van der Waals surface area contributed by atoms with Crippen LogP contribution >= 0.6 is 15.9 Å². The first-order valence-corrected chi connectivity index (χ1v) is 6.29. The van der Waals surface area contributed by atoms with Gasteiger partial charge >= 0.3 is 0 Å². The van der Waals surface area contributed by atoms with Gasteiger partial charge in [-0.25, -0.2) is 0 Å². The molecular weight excluding hydrogens is 270 g/mol. The van der Waals surface area contributed by atoms with Crippen molar-refractivity contribution in [2.75, 3.05) is 0 Å². The summed E-state index contributed by atoms with van der Waals surface area (Å²) in [6.45, 7) is 6.50. The van der Waals surface area contributed by atoms with Gasteiger partial charge in [-0.2, -0.15) is 5.10 Å². The fourth-order valence-electron chi connectivity index (χ4n) is 1.44. The van der Waals surface area contributed by atoms with Gasteiger partial charge in [0.25, 0.3) is 0 Å². The van der Waals surface area contributed by atoms with E-state index in [-0.39, 0.29) is 17.7 Å². The Kier molecular flexibility index (Phi) is 4.68. The molecule has 1 aromatic heterocycles. The summed E-state index contributed by atoms with van der Waals surface area (Å²) in [7, 11) is 0. The SMILES string of the molecule is CCCn1ncc(Br)c1C(=O)C(C)C(C)N. The maximum Gasteiger partial charge on any atom is 0.186 e. The molecule has 0 saturated heterocycles. The average molecular weight is 288 g/mol. The molecule has 90 valence electrons. The fraction of sp³-hybridized carbons (Fsp3) is 0.636. The van der Waals surface area contributed by atoms with Gasteiger partial charge < -0.3 is 5.73 Å². The van der Waals surface area contributed by atoms with E-state index < -0.39 is 0 Å². The molecule has 0 aliphatic rings. The fourth-order valence-corrected chi connectivity index (χ4v) is 1.93. The lowest BCUT2D eigenvalue weighted by Crippen LogP contribution is -2.32. The summed E-state index contributed by atoms with van der Waals surface area (Å²) in [5.41, 5.74) is 6.38. The summed E-state index contributed by atoms with van der Waals surface area (Å²) < 4.78 is 2.49. The topological polar surface area (TPSA) is 60.9 Å². The Morgan fingerprint density at radius 2 is 2.25 bits per heavy atom. The number of hydrogen-bond donors (Lipinski definition) is 1. The molecule has 0 aliphatic carbocycles. The van der Waals surface area contributed by atoms with E-state index in [1.165, 1.54) is 0 Å². The minimum Gasteiger partial charge on any atom is -0.327 e. The van der Waals surface area contributed by atoms with Crippen LogP contribution in [0.15, 0.2) is 10.7 Å². The Morgan fingerprint density at radius 3 is 2.75 bits per heavy atom. The smallest absolute Gasteiger partial charge is 0.186 e. The number of ketones is 1. The number of Topliss-reactive ketones (excluding diaryl/α,β-unsaturated/α-hetero) is 1. The Bertz CT molecular complexity index is 373. The van der Waals surface area contributed by atoms with Gasteiger partial charge in [-0.05, 0) is 29.3 Å². The van der Waals surface area contributed by atoms with Crippen LogP contribution in [0.2, 0.25) is 0 Å². The second-order valence-corrected chi connectivity index (χ2v) is 4.93. The van der Waals surface area contributed by atoms with E-state index in [1.54, 1.807) is 10.9 Å². The molecule has 1 aromatic rings. The highest BCUT2D eigenvalue weighted by molar-refractivity contribution is 9.10. The molecule has 4 nitrogen and oxygen atoms in total. The van der Waals surface area contributed by atoms with Crippen LogP contribution in [0, 0.1) is 5.92 Å². The van der Waals surface area contributed by atoms with Gasteiger partial charge in [-0.15, -0.1) is 0 Å². The van der Waals surface area contributed by atoms with Crippen molar-refractivity contribution in [2.24, 2.45) is 11.7 Å². The Morgan fingerprint density at radius 1 is 1.62 bits per heavy atom. The van der Waals surface area contributed by atoms with Crippen molar-refractivity contribution in [3.05, 3.63) is 16.4 Å². The van der Waals surface area contributed by atoms with Crippen LogP contribution in [0.5, 0.6) is 0 Å². The average Bonchev–Trinajstić information content (AvgIpc) is 2.58. The molecule has 0 saturated carbocycles. The van der Waals surface area contributed by atoms with Gasteiger partial charge in [-0.1, -0.05) is 13.8 Å². The summed E-state index contributed by atoms with van der Waals surface area (Å²) in [5, 5.41) is 4.18.